The van der Waals surface area contributed by atoms with Gasteiger partial charge in [0.2, 0.25) is 0 Å². The molecule has 0 saturated carbocycles. The molecule has 2 heterocycles. The van der Waals surface area contributed by atoms with Crippen molar-refractivity contribution in [2.45, 2.75) is 26.3 Å². The van der Waals surface area contributed by atoms with E-state index in [0.29, 0.717) is 5.69 Å². The van der Waals surface area contributed by atoms with E-state index in [2.05, 4.69) is 58.2 Å². The van der Waals surface area contributed by atoms with Gasteiger partial charge in [0.05, 0.1) is 0 Å². The minimum atomic E-state index is 0.544. The Bertz CT molecular complexity index is 727. The molecule has 2 aromatic rings. The number of nitrogens with zero attached hydrogens (tertiary/aromatic N) is 4. The van der Waals surface area contributed by atoms with Crippen LogP contribution in [0.15, 0.2) is 42.5 Å². The van der Waals surface area contributed by atoms with Gasteiger partial charge in [0.1, 0.15) is 17.6 Å². The van der Waals surface area contributed by atoms with Gasteiger partial charge in [0.25, 0.3) is 0 Å². The zero-order valence-electron chi connectivity index (χ0n) is 15.2. The first-order chi connectivity index (χ1) is 12.2. The molecule has 1 aromatic heterocycles. The molecular formula is C21H26N4. The van der Waals surface area contributed by atoms with E-state index in [4.69, 9.17) is 5.26 Å². The van der Waals surface area contributed by atoms with Crippen molar-refractivity contribution in [1.82, 2.24) is 9.88 Å². The van der Waals surface area contributed by atoms with Crippen LogP contribution in [0.5, 0.6) is 0 Å². The summed E-state index contributed by atoms with van der Waals surface area (Å²) in [5, 5.41) is 9.17. The van der Waals surface area contributed by atoms with E-state index in [1.807, 2.05) is 19.1 Å². The molecule has 0 spiro atoms. The van der Waals surface area contributed by atoms with Crippen LogP contribution in [0, 0.1) is 24.2 Å². The van der Waals surface area contributed by atoms with Crippen molar-refractivity contribution < 1.29 is 0 Å². The minimum absolute atomic E-state index is 0.544. The van der Waals surface area contributed by atoms with E-state index >= 15 is 0 Å². The molecular weight excluding hydrogens is 308 g/mol. The van der Waals surface area contributed by atoms with Crippen molar-refractivity contribution in [3.05, 3.63) is 59.3 Å². The first-order valence-electron chi connectivity index (χ1n) is 9.01. The molecule has 25 heavy (non-hydrogen) atoms. The number of pyridine rings is 1. The molecule has 0 bridgehead atoms. The lowest BCUT2D eigenvalue weighted by Crippen LogP contribution is -2.38. The zero-order chi connectivity index (χ0) is 17.6. The third kappa shape index (κ3) is 4.58. The van der Waals surface area contributed by atoms with Gasteiger partial charge in [0.15, 0.2) is 0 Å². The molecule has 1 aromatic carbocycles. The van der Waals surface area contributed by atoms with E-state index in [1.54, 1.807) is 0 Å². The molecule has 1 saturated heterocycles. The van der Waals surface area contributed by atoms with Crippen molar-refractivity contribution >= 4 is 5.82 Å². The SMILES string of the molecule is Cc1ccc(N2CCC(CN(C)Cc3ccccc3)CC2)nc1C#N. The average Bonchev–Trinajstić information content (AvgIpc) is 2.63. The van der Waals surface area contributed by atoms with Crippen LogP contribution >= 0.6 is 0 Å². The van der Waals surface area contributed by atoms with Crippen LogP contribution in [0.1, 0.15) is 29.7 Å². The molecule has 0 atom stereocenters. The maximum absolute atomic E-state index is 9.17. The Morgan fingerprint density at radius 2 is 1.88 bits per heavy atom. The van der Waals surface area contributed by atoms with Crippen molar-refractivity contribution in [2.24, 2.45) is 5.92 Å². The number of anilines is 1. The molecule has 0 N–H and O–H groups in total. The van der Waals surface area contributed by atoms with Crippen molar-refractivity contribution in [2.75, 3.05) is 31.6 Å². The van der Waals surface area contributed by atoms with Gasteiger partial charge in [-0.15, -0.1) is 0 Å². The molecule has 130 valence electrons. The van der Waals surface area contributed by atoms with Gasteiger partial charge >= 0.3 is 0 Å². The second kappa shape index (κ2) is 8.13. The first kappa shape index (κ1) is 17.4. The Hall–Kier alpha value is -2.38. The quantitative estimate of drug-likeness (QED) is 0.838. The fourth-order valence-corrected chi connectivity index (χ4v) is 3.55. The van der Waals surface area contributed by atoms with E-state index in [0.717, 1.165) is 43.5 Å². The summed E-state index contributed by atoms with van der Waals surface area (Å²) >= 11 is 0. The lowest BCUT2D eigenvalue weighted by molar-refractivity contribution is 0.242. The van der Waals surface area contributed by atoms with E-state index in [1.165, 1.54) is 18.4 Å². The third-order valence-electron chi connectivity index (χ3n) is 4.99. The highest BCUT2D eigenvalue weighted by Gasteiger charge is 2.21. The van der Waals surface area contributed by atoms with Crippen molar-refractivity contribution in [1.29, 1.82) is 5.26 Å². The zero-order valence-corrected chi connectivity index (χ0v) is 15.2. The van der Waals surface area contributed by atoms with Crippen LogP contribution in [-0.2, 0) is 6.54 Å². The lowest BCUT2D eigenvalue weighted by atomic mass is 9.96. The normalized spacial score (nSPS) is 15.4. The lowest BCUT2D eigenvalue weighted by Gasteiger charge is -2.34. The molecule has 0 radical (unpaired) electrons. The number of aromatic nitrogens is 1. The highest BCUT2D eigenvalue weighted by molar-refractivity contribution is 5.45. The molecule has 1 fully saturated rings. The summed E-state index contributed by atoms with van der Waals surface area (Å²) in [5.41, 5.74) is 2.86. The summed E-state index contributed by atoms with van der Waals surface area (Å²) in [6.07, 6.45) is 2.35. The smallest absolute Gasteiger partial charge is 0.145 e. The highest BCUT2D eigenvalue weighted by Crippen LogP contribution is 2.23. The van der Waals surface area contributed by atoms with Crippen LogP contribution in [0.4, 0.5) is 5.82 Å². The Morgan fingerprint density at radius 3 is 2.56 bits per heavy atom. The molecule has 0 aliphatic carbocycles. The Kier molecular flexibility index (Phi) is 5.67. The van der Waals surface area contributed by atoms with Gasteiger partial charge in [-0.1, -0.05) is 36.4 Å². The summed E-state index contributed by atoms with van der Waals surface area (Å²) in [4.78, 5) is 9.25. The maximum Gasteiger partial charge on any atom is 0.145 e. The predicted molar refractivity (Wildman–Crippen MR) is 101 cm³/mol. The number of nitriles is 1. The van der Waals surface area contributed by atoms with Crippen LogP contribution in [-0.4, -0.2) is 36.6 Å². The molecule has 4 heteroatoms. The second-order valence-corrected chi connectivity index (χ2v) is 7.06. The van der Waals surface area contributed by atoms with E-state index in [-0.39, 0.29) is 0 Å². The Morgan fingerprint density at radius 1 is 1.16 bits per heavy atom. The van der Waals surface area contributed by atoms with Gasteiger partial charge in [-0.05, 0) is 49.9 Å². The highest BCUT2D eigenvalue weighted by atomic mass is 15.2. The molecule has 0 amide bonds. The van der Waals surface area contributed by atoms with Gasteiger partial charge < -0.3 is 9.80 Å². The van der Waals surface area contributed by atoms with Crippen LogP contribution < -0.4 is 4.90 Å². The van der Waals surface area contributed by atoms with Gasteiger partial charge in [-0.3, -0.25) is 0 Å². The van der Waals surface area contributed by atoms with E-state index < -0.39 is 0 Å². The fourth-order valence-electron chi connectivity index (χ4n) is 3.55. The number of benzene rings is 1. The molecule has 1 aliphatic heterocycles. The Labute approximate surface area is 150 Å². The topological polar surface area (TPSA) is 43.2 Å². The van der Waals surface area contributed by atoms with Gasteiger partial charge in [-0.25, -0.2) is 4.98 Å². The van der Waals surface area contributed by atoms with Crippen LogP contribution in [0.2, 0.25) is 0 Å². The second-order valence-electron chi connectivity index (χ2n) is 7.06. The summed E-state index contributed by atoms with van der Waals surface area (Å²) < 4.78 is 0. The van der Waals surface area contributed by atoms with Gasteiger partial charge in [-0.2, -0.15) is 5.26 Å². The third-order valence-corrected chi connectivity index (χ3v) is 4.99. The number of rotatable bonds is 5. The molecule has 3 rings (SSSR count). The standard InChI is InChI=1S/C21H26N4/c1-17-8-9-21(23-20(17)14-22)25-12-10-19(11-13-25)16-24(2)15-18-6-4-3-5-7-18/h3-9,19H,10-13,15-16H2,1-2H3. The van der Waals surface area contributed by atoms with E-state index in [9.17, 15) is 0 Å². The maximum atomic E-state index is 9.17. The number of aryl methyl sites for hydroxylation is 1. The van der Waals surface area contributed by atoms with Crippen LogP contribution in [0.25, 0.3) is 0 Å². The Balaban J connectivity index is 1.51. The first-order valence-corrected chi connectivity index (χ1v) is 9.01. The summed E-state index contributed by atoms with van der Waals surface area (Å²) in [5.74, 6) is 1.67. The monoisotopic (exact) mass is 334 g/mol. The molecule has 4 nitrogen and oxygen atoms in total. The number of piperidine rings is 1. The predicted octanol–water partition coefficient (Wildman–Crippen LogP) is 3.61. The summed E-state index contributed by atoms with van der Waals surface area (Å²) in [7, 11) is 2.21. The van der Waals surface area contributed by atoms with Crippen molar-refractivity contribution in [3.63, 3.8) is 0 Å². The number of hydrogen-bond acceptors (Lipinski definition) is 4. The van der Waals surface area contributed by atoms with Gasteiger partial charge in [0, 0.05) is 26.2 Å². The van der Waals surface area contributed by atoms with Crippen LogP contribution in [0.3, 0.4) is 0 Å². The summed E-state index contributed by atoms with van der Waals surface area (Å²) in [6.45, 7) is 6.11. The molecule has 0 unspecified atom stereocenters. The number of hydrogen-bond donors (Lipinski definition) is 0. The molecule has 1 aliphatic rings. The summed E-state index contributed by atoms with van der Waals surface area (Å²) in [6, 6.07) is 16.9. The van der Waals surface area contributed by atoms with Crippen molar-refractivity contribution in [3.8, 4) is 6.07 Å². The average molecular weight is 334 g/mol. The fraction of sp³-hybridized carbons (Fsp3) is 0.429. The minimum Gasteiger partial charge on any atom is -0.357 e. The largest absolute Gasteiger partial charge is 0.357 e.